The number of carbonyl (C=O) groups is 1. The summed E-state index contributed by atoms with van der Waals surface area (Å²) in [6, 6.07) is 3.28. The molecule has 2 rings (SSSR count). The molecule has 1 heterocycles. The molecule has 1 aromatic carbocycles. The molecule has 8 heteroatoms. The first kappa shape index (κ1) is 13.2. The van der Waals surface area contributed by atoms with Gasteiger partial charge in [0.2, 0.25) is 0 Å². The molecule has 1 atom stereocenters. The highest BCUT2D eigenvalue weighted by molar-refractivity contribution is 6.37. The number of halogens is 3. The van der Waals surface area contributed by atoms with Crippen LogP contribution in [0.25, 0.3) is 0 Å². The number of amidine groups is 1. The minimum atomic E-state index is -3.05. The number of nitrogens with one attached hydrogen (secondary N) is 1. The van der Waals surface area contributed by atoms with E-state index in [9.17, 15) is 18.0 Å². The second-order valence-corrected chi connectivity index (χ2v) is 4.14. The van der Waals surface area contributed by atoms with Crippen LogP contribution in [-0.2, 0) is 10.3 Å². The fraction of sp³-hybridized carbons (Fsp3) is 0.273. The third-order valence-electron chi connectivity index (χ3n) is 2.89. The summed E-state index contributed by atoms with van der Waals surface area (Å²) < 4.78 is 40.5. The van der Waals surface area contributed by atoms with E-state index in [0.29, 0.717) is 0 Å². The SMILES string of the molecule is NC1=NC(c2cc(N)ccc2F)(C(F)F)CNC1=O. The summed E-state index contributed by atoms with van der Waals surface area (Å²) in [7, 11) is 0. The number of nitrogen functional groups attached to an aromatic ring is 1. The Morgan fingerprint density at radius 2 is 2.05 bits per heavy atom. The van der Waals surface area contributed by atoms with Gasteiger partial charge in [-0.2, -0.15) is 0 Å². The summed E-state index contributed by atoms with van der Waals surface area (Å²) in [4.78, 5) is 14.7. The number of anilines is 1. The van der Waals surface area contributed by atoms with E-state index in [1.54, 1.807) is 0 Å². The van der Waals surface area contributed by atoms with Gasteiger partial charge in [0.15, 0.2) is 11.4 Å². The summed E-state index contributed by atoms with van der Waals surface area (Å²) in [5.74, 6) is -2.27. The molecule has 0 radical (unpaired) electrons. The molecular weight excluding hydrogens is 261 g/mol. The number of nitrogens with two attached hydrogens (primary N) is 2. The fourth-order valence-corrected chi connectivity index (χ4v) is 1.88. The predicted octanol–water partition coefficient (Wildman–Crippen LogP) is 0.355. The third-order valence-corrected chi connectivity index (χ3v) is 2.89. The lowest BCUT2D eigenvalue weighted by Gasteiger charge is -2.33. The number of benzene rings is 1. The van der Waals surface area contributed by atoms with Crippen LogP contribution < -0.4 is 16.8 Å². The van der Waals surface area contributed by atoms with E-state index in [1.165, 1.54) is 6.07 Å². The van der Waals surface area contributed by atoms with Crippen LogP contribution in [0.1, 0.15) is 5.56 Å². The number of alkyl halides is 2. The molecule has 1 aromatic rings. The first-order chi connectivity index (χ1) is 8.86. The van der Waals surface area contributed by atoms with Crippen molar-refractivity contribution in [2.45, 2.75) is 12.0 Å². The zero-order chi connectivity index (χ0) is 14.2. The van der Waals surface area contributed by atoms with Crippen LogP contribution >= 0.6 is 0 Å². The number of hydrogen-bond acceptors (Lipinski definition) is 4. The second-order valence-electron chi connectivity index (χ2n) is 4.14. The predicted molar refractivity (Wildman–Crippen MR) is 63.1 cm³/mol. The minimum absolute atomic E-state index is 0.113. The summed E-state index contributed by atoms with van der Waals surface area (Å²) in [5.41, 5.74) is 8.21. The lowest BCUT2D eigenvalue weighted by molar-refractivity contribution is -0.116. The van der Waals surface area contributed by atoms with Crippen LogP contribution in [-0.4, -0.2) is 24.7 Å². The Labute approximate surface area is 106 Å². The minimum Gasteiger partial charge on any atom is -0.399 e. The van der Waals surface area contributed by atoms with Gasteiger partial charge >= 0.3 is 0 Å². The average molecular weight is 272 g/mol. The summed E-state index contributed by atoms with van der Waals surface area (Å²) in [5, 5.41) is 2.17. The molecule has 1 aliphatic rings. The van der Waals surface area contributed by atoms with Crippen molar-refractivity contribution in [1.82, 2.24) is 5.32 Å². The number of hydrogen-bond donors (Lipinski definition) is 3. The Balaban J connectivity index is 2.64. The molecule has 1 aliphatic heterocycles. The van der Waals surface area contributed by atoms with E-state index in [2.05, 4.69) is 10.3 Å². The Hall–Kier alpha value is -2.25. The van der Waals surface area contributed by atoms with Crippen molar-refractivity contribution >= 4 is 17.4 Å². The van der Waals surface area contributed by atoms with Crippen molar-refractivity contribution < 1.29 is 18.0 Å². The van der Waals surface area contributed by atoms with E-state index in [-0.39, 0.29) is 5.69 Å². The maximum Gasteiger partial charge on any atom is 0.286 e. The molecule has 1 unspecified atom stereocenters. The molecule has 5 N–H and O–H groups in total. The van der Waals surface area contributed by atoms with Gasteiger partial charge < -0.3 is 16.8 Å². The molecule has 0 bridgehead atoms. The summed E-state index contributed by atoms with van der Waals surface area (Å²) in [6.07, 6.45) is -3.05. The molecule has 0 saturated heterocycles. The standard InChI is InChI=1S/C11H11F3N4O/c12-7-2-1-5(15)3-6(7)11(10(13)14)4-17-9(19)8(16)18-11/h1-3,10H,4,15H2,(H2,16,18)(H,17,19). The van der Waals surface area contributed by atoms with Gasteiger partial charge in [0.25, 0.3) is 12.3 Å². The molecular formula is C11H11F3N4O. The van der Waals surface area contributed by atoms with E-state index in [1.807, 2.05) is 0 Å². The normalized spacial score (nSPS) is 23.2. The number of aliphatic imine (C=N–C) groups is 1. The number of rotatable bonds is 2. The zero-order valence-corrected chi connectivity index (χ0v) is 9.66. The second kappa shape index (κ2) is 4.45. The van der Waals surface area contributed by atoms with Crippen LogP contribution in [0.3, 0.4) is 0 Å². The van der Waals surface area contributed by atoms with Gasteiger partial charge in [-0.1, -0.05) is 0 Å². The number of carbonyl (C=O) groups excluding carboxylic acids is 1. The molecule has 0 spiro atoms. The van der Waals surface area contributed by atoms with Gasteiger partial charge in [0.05, 0.1) is 6.54 Å². The van der Waals surface area contributed by atoms with Crippen LogP contribution in [0.4, 0.5) is 18.9 Å². The fourth-order valence-electron chi connectivity index (χ4n) is 1.88. The molecule has 0 aliphatic carbocycles. The van der Waals surface area contributed by atoms with Crippen LogP contribution in [0.15, 0.2) is 23.2 Å². The monoisotopic (exact) mass is 272 g/mol. The average Bonchev–Trinajstić information content (AvgIpc) is 2.35. The molecule has 0 saturated carbocycles. The summed E-state index contributed by atoms with van der Waals surface area (Å²) >= 11 is 0. The first-order valence-corrected chi connectivity index (χ1v) is 5.34. The van der Waals surface area contributed by atoms with E-state index in [0.717, 1.165) is 12.1 Å². The van der Waals surface area contributed by atoms with Crippen LogP contribution in [0.5, 0.6) is 0 Å². The lowest BCUT2D eigenvalue weighted by Crippen LogP contribution is -2.54. The quantitative estimate of drug-likeness (QED) is 0.678. The van der Waals surface area contributed by atoms with Crippen molar-refractivity contribution in [2.24, 2.45) is 10.7 Å². The van der Waals surface area contributed by atoms with Gasteiger partial charge in [-0.05, 0) is 18.2 Å². The molecule has 1 amide bonds. The maximum absolute atomic E-state index is 13.8. The van der Waals surface area contributed by atoms with Crippen molar-refractivity contribution in [3.05, 3.63) is 29.6 Å². The highest BCUT2D eigenvalue weighted by Gasteiger charge is 2.47. The van der Waals surface area contributed by atoms with Crippen molar-refractivity contribution in [1.29, 1.82) is 0 Å². The molecule has 0 aromatic heterocycles. The highest BCUT2D eigenvalue weighted by Crippen LogP contribution is 2.36. The van der Waals surface area contributed by atoms with Gasteiger partial charge in [-0.25, -0.2) is 18.2 Å². The first-order valence-electron chi connectivity index (χ1n) is 5.34. The topological polar surface area (TPSA) is 93.5 Å². The number of amides is 1. The van der Waals surface area contributed by atoms with E-state index in [4.69, 9.17) is 11.5 Å². The Morgan fingerprint density at radius 1 is 1.37 bits per heavy atom. The Morgan fingerprint density at radius 3 is 2.63 bits per heavy atom. The Bertz CT molecular complexity index is 561. The number of nitrogens with zero attached hydrogens (tertiary/aromatic N) is 1. The van der Waals surface area contributed by atoms with E-state index >= 15 is 0 Å². The highest BCUT2D eigenvalue weighted by atomic mass is 19.3. The van der Waals surface area contributed by atoms with E-state index < -0.39 is 41.6 Å². The molecule has 5 nitrogen and oxygen atoms in total. The molecule has 19 heavy (non-hydrogen) atoms. The smallest absolute Gasteiger partial charge is 0.286 e. The third kappa shape index (κ3) is 2.09. The lowest BCUT2D eigenvalue weighted by atomic mass is 9.88. The largest absolute Gasteiger partial charge is 0.399 e. The van der Waals surface area contributed by atoms with Crippen molar-refractivity contribution in [2.75, 3.05) is 12.3 Å². The van der Waals surface area contributed by atoms with Gasteiger partial charge in [-0.15, -0.1) is 0 Å². The molecule has 0 fully saturated rings. The maximum atomic E-state index is 13.8. The van der Waals surface area contributed by atoms with Crippen molar-refractivity contribution in [3.63, 3.8) is 0 Å². The van der Waals surface area contributed by atoms with Gasteiger partial charge in [0, 0.05) is 11.3 Å². The van der Waals surface area contributed by atoms with Gasteiger partial charge in [-0.3, -0.25) is 4.79 Å². The van der Waals surface area contributed by atoms with Crippen LogP contribution in [0.2, 0.25) is 0 Å². The zero-order valence-electron chi connectivity index (χ0n) is 9.66. The van der Waals surface area contributed by atoms with Crippen LogP contribution in [0, 0.1) is 5.82 Å². The summed E-state index contributed by atoms with van der Waals surface area (Å²) in [6.45, 7) is -0.551. The van der Waals surface area contributed by atoms with Crippen molar-refractivity contribution in [3.8, 4) is 0 Å². The van der Waals surface area contributed by atoms with Gasteiger partial charge in [0.1, 0.15) is 5.82 Å². The molecule has 102 valence electrons. The Kier molecular flexibility index (Phi) is 3.09.